The van der Waals surface area contributed by atoms with Crippen molar-refractivity contribution in [3.8, 4) is 0 Å². The molecule has 0 radical (unpaired) electrons. The minimum absolute atomic E-state index is 0.171. The van der Waals surface area contributed by atoms with E-state index in [-0.39, 0.29) is 11.4 Å². The molecule has 1 aromatic carbocycles. The van der Waals surface area contributed by atoms with Gasteiger partial charge in [-0.2, -0.15) is 18.3 Å². The Bertz CT molecular complexity index is 656. The Morgan fingerprint density at radius 3 is 2.33 bits per heavy atom. The van der Waals surface area contributed by atoms with Crippen molar-refractivity contribution in [2.75, 3.05) is 11.2 Å². The highest BCUT2D eigenvalue weighted by Crippen LogP contribution is 2.33. The van der Waals surface area contributed by atoms with Crippen molar-refractivity contribution in [3.05, 3.63) is 40.3 Å². The molecule has 0 fully saturated rings. The first kappa shape index (κ1) is 15.2. The van der Waals surface area contributed by atoms with Gasteiger partial charge in [-0.15, -0.1) is 11.3 Å². The standard InChI is InChI=1S/C11H7F5N4S/c12-6-1-5(2-7(13)9(6)11(14,15)16)3-18-20-10-19-8(17)4-21-10/h1-4H,17H2,(H,19,20). The average Bonchev–Trinajstić information content (AvgIpc) is 2.72. The van der Waals surface area contributed by atoms with Crippen LogP contribution in [-0.2, 0) is 6.18 Å². The van der Waals surface area contributed by atoms with Crippen LogP contribution < -0.4 is 11.2 Å². The van der Waals surface area contributed by atoms with Crippen LogP contribution >= 0.6 is 11.3 Å². The van der Waals surface area contributed by atoms with Gasteiger partial charge in [0, 0.05) is 10.9 Å². The molecule has 112 valence electrons. The molecular formula is C11H7F5N4S. The van der Waals surface area contributed by atoms with E-state index < -0.39 is 23.4 Å². The molecule has 0 spiro atoms. The molecule has 4 nitrogen and oxygen atoms in total. The predicted molar refractivity (Wildman–Crippen MR) is 69.1 cm³/mol. The fourth-order valence-corrected chi connectivity index (χ4v) is 1.99. The van der Waals surface area contributed by atoms with Crippen LogP contribution in [-0.4, -0.2) is 11.2 Å². The van der Waals surface area contributed by atoms with Gasteiger partial charge in [0.05, 0.1) is 6.21 Å². The van der Waals surface area contributed by atoms with Gasteiger partial charge in [0.15, 0.2) is 0 Å². The average molecular weight is 322 g/mol. The molecule has 21 heavy (non-hydrogen) atoms. The number of alkyl halides is 3. The number of anilines is 2. The van der Waals surface area contributed by atoms with Crippen LogP contribution in [0.5, 0.6) is 0 Å². The Labute approximate surface area is 119 Å². The molecule has 0 bridgehead atoms. The van der Waals surface area contributed by atoms with Gasteiger partial charge in [0.2, 0.25) is 5.13 Å². The van der Waals surface area contributed by atoms with Gasteiger partial charge < -0.3 is 5.73 Å². The lowest BCUT2D eigenvalue weighted by Crippen LogP contribution is -2.12. The smallest absolute Gasteiger partial charge is 0.383 e. The maximum atomic E-state index is 13.3. The van der Waals surface area contributed by atoms with Crippen LogP contribution in [0.15, 0.2) is 22.6 Å². The molecule has 0 saturated carbocycles. The molecule has 2 aromatic rings. The zero-order valence-electron chi connectivity index (χ0n) is 10.1. The number of halogens is 5. The van der Waals surface area contributed by atoms with E-state index in [0.717, 1.165) is 17.6 Å². The molecule has 1 aromatic heterocycles. The number of nitrogen functional groups attached to an aromatic ring is 1. The van der Waals surface area contributed by atoms with E-state index in [1.807, 2.05) is 0 Å². The lowest BCUT2D eigenvalue weighted by atomic mass is 10.1. The van der Waals surface area contributed by atoms with Crippen molar-refractivity contribution in [2.45, 2.75) is 6.18 Å². The molecule has 0 aliphatic carbocycles. The van der Waals surface area contributed by atoms with Crippen LogP contribution in [0, 0.1) is 11.6 Å². The predicted octanol–water partition coefficient (Wildman–Crippen LogP) is 3.47. The lowest BCUT2D eigenvalue weighted by molar-refractivity contribution is -0.142. The minimum Gasteiger partial charge on any atom is -0.383 e. The third-order valence-corrected chi connectivity index (χ3v) is 3.01. The Hall–Kier alpha value is -2.23. The number of thiazole rings is 1. The van der Waals surface area contributed by atoms with Gasteiger partial charge in [-0.3, -0.25) is 5.43 Å². The number of nitrogens with zero attached hydrogens (tertiary/aromatic N) is 2. The number of hydrazone groups is 1. The number of rotatable bonds is 3. The lowest BCUT2D eigenvalue weighted by Gasteiger charge is -2.09. The fraction of sp³-hybridized carbons (Fsp3) is 0.0909. The molecule has 3 N–H and O–H groups in total. The summed E-state index contributed by atoms with van der Waals surface area (Å²) < 4.78 is 63.7. The van der Waals surface area contributed by atoms with Crippen molar-refractivity contribution >= 4 is 28.5 Å². The highest BCUT2D eigenvalue weighted by atomic mass is 32.1. The third-order valence-electron chi connectivity index (χ3n) is 2.24. The van der Waals surface area contributed by atoms with Gasteiger partial charge in [-0.25, -0.2) is 13.8 Å². The summed E-state index contributed by atoms with van der Waals surface area (Å²) in [6.07, 6.45) is -4.13. The normalized spacial score (nSPS) is 12.0. The largest absolute Gasteiger partial charge is 0.422 e. The molecule has 0 atom stereocenters. The van der Waals surface area contributed by atoms with Crippen LogP contribution in [0.3, 0.4) is 0 Å². The van der Waals surface area contributed by atoms with Crippen molar-refractivity contribution in [1.29, 1.82) is 0 Å². The zero-order valence-corrected chi connectivity index (χ0v) is 10.9. The number of nitrogens with one attached hydrogen (secondary N) is 1. The van der Waals surface area contributed by atoms with Crippen molar-refractivity contribution < 1.29 is 22.0 Å². The number of hydrogen-bond acceptors (Lipinski definition) is 5. The van der Waals surface area contributed by atoms with E-state index in [4.69, 9.17) is 5.73 Å². The monoisotopic (exact) mass is 322 g/mol. The zero-order chi connectivity index (χ0) is 15.6. The van der Waals surface area contributed by atoms with E-state index in [1.54, 1.807) is 0 Å². The summed E-state index contributed by atoms with van der Waals surface area (Å²) in [5, 5.41) is 5.47. The molecule has 10 heteroatoms. The second-order valence-corrected chi connectivity index (χ2v) is 4.66. The maximum absolute atomic E-state index is 13.3. The van der Waals surface area contributed by atoms with Crippen LogP contribution in [0.4, 0.5) is 32.9 Å². The Morgan fingerprint density at radius 1 is 1.24 bits per heavy atom. The summed E-state index contributed by atoms with van der Waals surface area (Å²) in [5.74, 6) is -3.14. The van der Waals surface area contributed by atoms with Crippen LogP contribution in [0.25, 0.3) is 0 Å². The third kappa shape index (κ3) is 3.66. The second-order valence-electron chi connectivity index (χ2n) is 3.80. The number of benzene rings is 1. The van der Waals surface area contributed by atoms with Gasteiger partial charge in [0.25, 0.3) is 0 Å². The van der Waals surface area contributed by atoms with E-state index in [9.17, 15) is 22.0 Å². The van der Waals surface area contributed by atoms with Crippen LogP contribution in [0.2, 0.25) is 0 Å². The van der Waals surface area contributed by atoms with Gasteiger partial charge in [-0.05, 0) is 12.1 Å². The Kier molecular flexibility index (Phi) is 4.07. The first-order valence-corrected chi connectivity index (χ1v) is 6.21. The molecular weight excluding hydrogens is 315 g/mol. The molecule has 2 rings (SSSR count). The Balaban J connectivity index is 2.18. The molecule has 0 unspecified atom stereocenters. The van der Waals surface area contributed by atoms with Gasteiger partial charge in [-0.1, -0.05) is 0 Å². The molecule has 0 saturated heterocycles. The fourth-order valence-electron chi connectivity index (χ4n) is 1.44. The van der Waals surface area contributed by atoms with E-state index in [0.29, 0.717) is 17.3 Å². The molecule has 1 heterocycles. The topological polar surface area (TPSA) is 63.3 Å². The van der Waals surface area contributed by atoms with Crippen molar-refractivity contribution in [3.63, 3.8) is 0 Å². The first-order valence-electron chi connectivity index (χ1n) is 5.33. The van der Waals surface area contributed by atoms with E-state index >= 15 is 0 Å². The molecule has 0 aliphatic rings. The number of nitrogens with two attached hydrogens (primary N) is 1. The Morgan fingerprint density at radius 2 is 1.86 bits per heavy atom. The minimum atomic E-state index is -5.10. The summed E-state index contributed by atoms with van der Waals surface area (Å²) in [4.78, 5) is 3.80. The first-order chi connectivity index (χ1) is 9.77. The summed E-state index contributed by atoms with van der Waals surface area (Å²) in [6, 6.07) is 1.07. The second kappa shape index (κ2) is 5.64. The van der Waals surface area contributed by atoms with Gasteiger partial charge >= 0.3 is 6.18 Å². The van der Waals surface area contributed by atoms with Crippen molar-refractivity contribution in [2.24, 2.45) is 5.10 Å². The molecule has 0 aliphatic heterocycles. The quantitative estimate of drug-likeness (QED) is 0.517. The number of hydrogen-bond donors (Lipinski definition) is 2. The SMILES string of the molecule is Nc1csc(NN=Cc2cc(F)c(C(F)(F)F)c(F)c2)n1. The van der Waals surface area contributed by atoms with Gasteiger partial charge in [0.1, 0.15) is 23.0 Å². The van der Waals surface area contributed by atoms with E-state index in [1.165, 1.54) is 5.38 Å². The highest BCUT2D eigenvalue weighted by molar-refractivity contribution is 7.14. The summed E-state index contributed by atoms with van der Waals surface area (Å²) >= 11 is 1.14. The number of aromatic nitrogens is 1. The van der Waals surface area contributed by atoms with Crippen molar-refractivity contribution in [1.82, 2.24) is 4.98 Å². The van der Waals surface area contributed by atoms with Crippen LogP contribution in [0.1, 0.15) is 11.1 Å². The maximum Gasteiger partial charge on any atom is 0.422 e. The summed E-state index contributed by atoms with van der Waals surface area (Å²) in [6.45, 7) is 0. The summed E-state index contributed by atoms with van der Waals surface area (Å²) in [5.41, 5.74) is 5.69. The molecule has 0 amide bonds. The van der Waals surface area contributed by atoms with E-state index in [2.05, 4.69) is 15.5 Å². The highest BCUT2D eigenvalue weighted by Gasteiger charge is 2.37. The summed E-state index contributed by atoms with van der Waals surface area (Å²) in [7, 11) is 0.